The summed E-state index contributed by atoms with van der Waals surface area (Å²) in [6, 6.07) is 6.79. The number of hydrogen-bond donors (Lipinski definition) is 0. The number of nitrogens with zero attached hydrogens (tertiary/aromatic N) is 2. The first-order valence-electron chi connectivity index (χ1n) is 9.63. The van der Waals surface area contributed by atoms with E-state index in [4.69, 9.17) is 0 Å². The van der Waals surface area contributed by atoms with Crippen LogP contribution in [-0.4, -0.2) is 55.9 Å². The molecular formula is C19H25F3N2O3S. The second kappa shape index (κ2) is 8.41. The lowest BCUT2D eigenvalue weighted by Gasteiger charge is -2.32. The van der Waals surface area contributed by atoms with E-state index >= 15 is 0 Å². The molecule has 0 aliphatic carbocycles. The van der Waals surface area contributed by atoms with Crippen LogP contribution in [0.1, 0.15) is 37.7 Å². The first-order valence-corrected chi connectivity index (χ1v) is 11.1. The molecule has 0 saturated carbocycles. The summed E-state index contributed by atoms with van der Waals surface area (Å²) < 4.78 is 64.4. The molecule has 0 radical (unpaired) electrons. The van der Waals surface area contributed by atoms with E-state index in [1.54, 1.807) is 24.3 Å². The maximum Gasteiger partial charge on any atom is 0.471 e. The Morgan fingerprint density at radius 3 is 2.07 bits per heavy atom. The summed E-state index contributed by atoms with van der Waals surface area (Å²) in [5, 5.41) is 0. The molecule has 2 aliphatic rings. The summed E-state index contributed by atoms with van der Waals surface area (Å²) in [7, 11) is -3.46. The molecule has 5 nitrogen and oxygen atoms in total. The molecule has 1 aromatic rings. The van der Waals surface area contributed by atoms with Crippen molar-refractivity contribution in [2.24, 2.45) is 5.92 Å². The zero-order chi connectivity index (χ0) is 20.4. The van der Waals surface area contributed by atoms with E-state index in [9.17, 15) is 26.4 Å². The molecule has 0 unspecified atom stereocenters. The third kappa shape index (κ3) is 4.86. The maximum absolute atomic E-state index is 12.7. The lowest BCUT2D eigenvalue weighted by molar-refractivity contribution is -0.186. The molecule has 28 heavy (non-hydrogen) atoms. The van der Waals surface area contributed by atoms with Gasteiger partial charge in [0.2, 0.25) is 10.0 Å². The van der Waals surface area contributed by atoms with Crippen molar-refractivity contribution in [2.75, 3.05) is 26.2 Å². The first-order chi connectivity index (χ1) is 13.2. The van der Waals surface area contributed by atoms with Gasteiger partial charge in [0, 0.05) is 26.2 Å². The Morgan fingerprint density at radius 1 is 0.964 bits per heavy atom. The summed E-state index contributed by atoms with van der Waals surface area (Å²) in [6.45, 7) is 1.31. The van der Waals surface area contributed by atoms with Crippen LogP contribution in [0.3, 0.4) is 0 Å². The predicted molar refractivity (Wildman–Crippen MR) is 98.1 cm³/mol. The number of rotatable bonds is 4. The summed E-state index contributed by atoms with van der Waals surface area (Å²) in [5.41, 5.74) is 0.957. The number of carbonyl (C=O) groups excluding carboxylic acids is 1. The predicted octanol–water partition coefficient (Wildman–Crippen LogP) is 3.20. The number of likely N-dealkylation sites (tertiary alicyclic amines) is 1. The molecule has 2 saturated heterocycles. The highest BCUT2D eigenvalue weighted by atomic mass is 32.2. The molecule has 0 aromatic heterocycles. The number of alkyl halides is 3. The average Bonchev–Trinajstić information content (AvgIpc) is 2.68. The number of sulfonamides is 1. The van der Waals surface area contributed by atoms with Crippen LogP contribution in [0.25, 0.3) is 0 Å². The van der Waals surface area contributed by atoms with Gasteiger partial charge in [-0.05, 0) is 55.7 Å². The molecule has 2 fully saturated rings. The van der Waals surface area contributed by atoms with Crippen LogP contribution in [0.4, 0.5) is 13.2 Å². The van der Waals surface area contributed by atoms with Crippen molar-refractivity contribution in [3.8, 4) is 0 Å². The Hall–Kier alpha value is -1.61. The van der Waals surface area contributed by atoms with Gasteiger partial charge in [0.05, 0.1) is 4.90 Å². The number of hydrogen-bond acceptors (Lipinski definition) is 3. The highest BCUT2D eigenvalue weighted by Gasteiger charge is 2.43. The van der Waals surface area contributed by atoms with Crippen LogP contribution in [0, 0.1) is 5.92 Å². The zero-order valence-electron chi connectivity index (χ0n) is 15.6. The second-order valence-corrected chi connectivity index (χ2v) is 9.48. The second-order valence-electron chi connectivity index (χ2n) is 7.55. The zero-order valence-corrected chi connectivity index (χ0v) is 16.4. The minimum atomic E-state index is -4.82. The van der Waals surface area contributed by atoms with E-state index in [1.165, 1.54) is 4.31 Å². The number of amides is 1. The van der Waals surface area contributed by atoms with Crippen molar-refractivity contribution in [3.63, 3.8) is 0 Å². The fraction of sp³-hybridized carbons (Fsp3) is 0.632. The largest absolute Gasteiger partial charge is 0.471 e. The van der Waals surface area contributed by atoms with Gasteiger partial charge in [0.15, 0.2) is 0 Å². The van der Waals surface area contributed by atoms with Gasteiger partial charge < -0.3 is 4.90 Å². The van der Waals surface area contributed by atoms with E-state index in [2.05, 4.69) is 0 Å². The SMILES string of the molecule is O=C(N1CCC(Cc2ccc(S(=O)(=O)N3CCCCC3)cc2)CC1)C(F)(F)F. The van der Waals surface area contributed by atoms with E-state index in [0.717, 1.165) is 29.7 Å². The minimum absolute atomic E-state index is 0.102. The van der Waals surface area contributed by atoms with Crippen LogP contribution >= 0.6 is 0 Å². The first kappa shape index (κ1) is 21.1. The number of halogens is 3. The average molecular weight is 418 g/mol. The number of piperidine rings is 2. The molecule has 0 atom stereocenters. The molecule has 156 valence electrons. The van der Waals surface area contributed by atoms with Crippen LogP contribution in [0.5, 0.6) is 0 Å². The van der Waals surface area contributed by atoms with Gasteiger partial charge in [-0.1, -0.05) is 18.6 Å². The molecule has 2 heterocycles. The van der Waals surface area contributed by atoms with Crippen molar-refractivity contribution < 1.29 is 26.4 Å². The van der Waals surface area contributed by atoms with Crippen molar-refractivity contribution in [3.05, 3.63) is 29.8 Å². The standard InChI is InChI=1S/C19H25F3N2O3S/c20-19(21,22)18(25)23-12-8-16(9-13-23)14-15-4-6-17(7-5-15)28(26,27)24-10-2-1-3-11-24/h4-7,16H,1-3,8-14H2. The normalized spacial score (nSPS) is 20.3. The van der Waals surface area contributed by atoms with Gasteiger partial charge in [-0.2, -0.15) is 17.5 Å². The molecule has 2 aliphatic heterocycles. The molecule has 0 spiro atoms. The highest BCUT2D eigenvalue weighted by molar-refractivity contribution is 7.89. The third-order valence-corrected chi connectivity index (χ3v) is 7.46. The topological polar surface area (TPSA) is 57.7 Å². The summed E-state index contributed by atoms with van der Waals surface area (Å²) in [4.78, 5) is 12.4. The van der Waals surface area contributed by atoms with Crippen molar-refractivity contribution in [1.82, 2.24) is 9.21 Å². The fourth-order valence-electron chi connectivity index (χ4n) is 3.90. The Balaban J connectivity index is 1.56. The Kier molecular flexibility index (Phi) is 6.34. The van der Waals surface area contributed by atoms with Crippen molar-refractivity contribution in [1.29, 1.82) is 0 Å². The Labute approximate surface area is 163 Å². The summed E-state index contributed by atoms with van der Waals surface area (Å²) >= 11 is 0. The molecule has 3 rings (SSSR count). The Morgan fingerprint density at radius 2 is 1.54 bits per heavy atom. The van der Waals surface area contributed by atoms with Gasteiger partial charge in [0.25, 0.3) is 0 Å². The van der Waals surface area contributed by atoms with Gasteiger partial charge in [-0.15, -0.1) is 0 Å². The van der Waals surface area contributed by atoms with Gasteiger partial charge in [-0.3, -0.25) is 4.79 Å². The molecule has 1 amide bonds. The van der Waals surface area contributed by atoms with E-state index in [-0.39, 0.29) is 23.9 Å². The summed E-state index contributed by atoms with van der Waals surface area (Å²) in [5.74, 6) is -1.58. The number of carbonyl (C=O) groups is 1. The molecule has 0 N–H and O–H groups in total. The molecule has 9 heteroatoms. The van der Waals surface area contributed by atoms with Crippen LogP contribution in [0.15, 0.2) is 29.2 Å². The Bertz CT molecular complexity index is 780. The van der Waals surface area contributed by atoms with Crippen LogP contribution in [-0.2, 0) is 21.2 Å². The minimum Gasteiger partial charge on any atom is -0.335 e. The molecule has 1 aromatic carbocycles. The summed E-state index contributed by atoms with van der Waals surface area (Å²) in [6.07, 6.45) is -0.316. The van der Waals surface area contributed by atoms with Gasteiger partial charge in [0.1, 0.15) is 0 Å². The lowest BCUT2D eigenvalue weighted by atomic mass is 9.90. The molecule has 0 bridgehead atoms. The van der Waals surface area contributed by atoms with E-state index in [1.807, 2.05) is 0 Å². The van der Waals surface area contributed by atoms with Crippen molar-refractivity contribution >= 4 is 15.9 Å². The van der Waals surface area contributed by atoms with Gasteiger partial charge in [-0.25, -0.2) is 8.42 Å². The maximum atomic E-state index is 12.7. The van der Waals surface area contributed by atoms with Crippen LogP contribution < -0.4 is 0 Å². The van der Waals surface area contributed by atoms with E-state index < -0.39 is 22.1 Å². The van der Waals surface area contributed by atoms with Crippen molar-refractivity contribution in [2.45, 2.75) is 49.6 Å². The monoisotopic (exact) mass is 418 g/mol. The number of benzene rings is 1. The highest BCUT2D eigenvalue weighted by Crippen LogP contribution is 2.27. The van der Waals surface area contributed by atoms with E-state index in [0.29, 0.717) is 32.4 Å². The smallest absolute Gasteiger partial charge is 0.335 e. The third-order valence-electron chi connectivity index (χ3n) is 5.54. The fourth-order valence-corrected chi connectivity index (χ4v) is 5.42. The van der Waals surface area contributed by atoms with Crippen LogP contribution in [0.2, 0.25) is 0 Å². The van der Waals surface area contributed by atoms with Gasteiger partial charge >= 0.3 is 12.1 Å². The lowest BCUT2D eigenvalue weighted by Crippen LogP contribution is -2.45. The molecular weight excluding hydrogens is 393 g/mol. The quantitative estimate of drug-likeness (QED) is 0.755.